The molecule has 0 bridgehead atoms. The molecule has 2 aromatic rings. The van der Waals surface area contributed by atoms with Gasteiger partial charge in [0, 0.05) is 0 Å². The van der Waals surface area contributed by atoms with Gasteiger partial charge < -0.3 is 10.2 Å². The summed E-state index contributed by atoms with van der Waals surface area (Å²) in [6.45, 7) is 0. The predicted molar refractivity (Wildman–Crippen MR) is 72.0 cm³/mol. The molecule has 2 aromatic carbocycles. The lowest BCUT2D eigenvalue weighted by atomic mass is 9.79. The van der Waals surface area contributed by atoms with Crippen LogP contribution in [0.25, 0.3) is 22.3 Å². The average Bonchev–Trinajstić information content (AvgIpc) is 2.34. The Labute approximate surface area is 114 Å². The van der Waals surface area contributed by atoms with E-state index in [0.717, 1.165) is 22.3 Å². The van der Waals surface area contributed by atoms with Crippen molar-refractivity contribution in [2.75, 3.05) is 0 Å². The number of hydrogen-bond donors (Lipinski definition) is 2. The van der Waals surface area contributed by atoms with Crippen LogP contribution in [0.3, 0.4) is 0 Å². The van der Waals surface area contributed by atoms with Gasteiger partial charge >= 0.3 is 11.9 Å². The highest BCUT2D eigenvalue weighted by molar-refractivity contribution is 6.06. The van der Waals surface area contributed by atoms with Crippen LogP contribution in [0.1, 0.15) is 20.7 Å². The van der Waals surface area contributed by atoms with E-state index in [1.165, 1.54) is 0 Å². The number of halogens is 1. The number of hydrogen-bond acceptors (Lipinski definition) is 2. The maximum Gasteiger partial charge on any atom is 0.335 e. The number of aromatic carboxylic acids is 2. The predicted octanol–water partition coefficient (Wildman–Crippen LogP) is 3.15. The molecule has 3 rings (SSSR count). The van der Waals surface area contributed by atoms with Crippen LogP contribution in [-0.4, -0.2) is 22.2 Å². The fraction of sp³-hybridized carbons (Fsp3) is 0. The summed E-state index contributed by atoms with van der Waals surface area (Å²) >= 11 is 0. The molecule has 1 aliphatic carbocycles. The van der Waals surface area contributed by atoms with E-state index in [2.05, 4.69) is 0 Å². The fourth-order valence-corrected chi connectivity index (χ4v) is 2.21. The van der Waals surface area contributed by atoms with Crippen molar-refractivity contribution in [1.29, 1.82) is 0 Å². The van der Waals surface area contributed by atoms with Crippen LogP contribution in [0.5, 0.6) is 0 Å². The lowest BCUT2D eigenvalue weighted by molar-refractivity contribution is 0.0686. The van der Waals surface area contributed by atoms with Crippen LogP contribution < -0.4 is 0 Å². The Morgan fingerprint density at radius 1 is 0.684 bits per heavy atom. The van der Waals surface area contributed by atoms with Crippen LogP contribution >= 0.6 is 12.4 Å². The number of rotatable bonds is 2. The van der Waals surface area contributed by atoms with Crippen molar-refractivity contribution in [3.05, 3.63) is 47.5 Å². The third kappa shape index (κ3) is 1.86. The molecule has 19 heavy (non-hydrogen) atoms. The van der Waals surface area contributed by atoms with E-state index in [1.54, 1.807) is 36.4 Å². The molecule has 0 atom stereocenters. The van der Waals surface area contributed by atoms with Gasteiger partial charge in [-0.1, -0.05) is 12.1 Å². The monoisotopic (exact) mass is 276 g/mol. The molecule has 0 heterocycles. The Balaban J connectivity index is 0.00000133. The average molecular weight is 277 g/mol. The lowest BCUT2D eigenvalue weighted by Crippen LogP contribution is -2.05. The van der Waals surface area contributed by atoms with Gasteiger partial charge in [0.25, 0.3) is 0 Å². The smallest absolute Gasteiger partial charge is 0.335 e. The molecule has 0 unspecified atom stereocenters. The summed E-state index contributed by atoms with van der Waals surface area (Å²) in [4.78, 5) is 21.8. The zero-order chi connectivity index (χ0) is 12.9. The Kier molecular flexibility index (Phi) is 3.04. The minimum absolute atomic E-state index is 0. The molecule has 0 saturated carbocycles. The Morgan fingerprint density at radius 2 is 1.05 bits per heavy atom. The molecule has 0 aliphatic heterocycles. The number of carbonyl (C=O) groups is 2. The van der Waals surface area contributed by atoms with E-state index in [1.807, 2.05) is 0 Å². The number of benzene rings is 2. The van der Waals surface area contributed by atoms with Crippen LogP contribution in [0.15, 0.2) is 36.4 Å². The second-order valence-electron chi connectivity index (χ2n) is 4.13. The lowest BCUT2D eigenvalue weighted by Gasteiger charge is -2.24. The maximum atomic E-state index is 10.9. The SMILES string of the molecule is Cl.O=C(O)c1ccc2c(c1)-c1cc(C(=O)O)ccc1-2. The second-order valence-corrected chi connectivity index (χ2v) is 4.13. The van der Waals surface area contributed by atoms with E-state index < -0.39 is 11.9 Å². The Bertz CT molecular complexity index is 645. The highest BCUT2D eigenvalue weighted by Gasteiger charge is 2.24. The van der Waals surface area contributed by atoms with Crippen molar-refractivity contribution < 1.29 is 19.8 Å². The molecule has 0 aromatic heterocycles. The summed E-state index contributed by atoms with van der Waals surface area (Å²) in [5, 5.41) is 17.8. The van der Waals surface area contributed by atoms with Crippen molar-refractivity contribution in [3.8, 4) is 22.3 Å². The molecular weight excluding hydrogens is 268 g/mol. The van der Waals surface area contributed by atoms with Gasteiger partial charge in [-0.2, -0.15) is 0 Å². The van der Waals surface area contributed by atoms with Gasteiger partial charge in [0.1, 0.15) is 0 Å². The van der Waals surface area contributed by atoms with E-state index >= 15 is 0 Å². The maximum absolute atomic E-state index is 10.9. The van der Waals surface area contributed by atoms with Crippen LogP contribution in [0.4, 0.5) is 0 Å². The summed E-state index contributed by atoms with van der Waals surface area (Å²) in [6, 6.07) is 9.75. The Hall–Kier alpha value is -2.33. The highest BCUT2D eigenvalue weighted by Crippen LogP contribution is 2.47. The first-order chi connectivity index (χ1) is 8.58. The second kappa shape index (κ2) is 4.40. The van der Waals surface area contributed by atoms with E-state index in [9.17, 15) is 9.59 Å². The number of carboxylic acid groups (broad SMARTS) is 2. The Morgan fingerprint density at radius 3 is 1.37 bits per heavy atom. The largest absolute Gasteiger partial charge is 0.478 e. The molecule has 0 fully saturated rings. The van der Waals surface area contributed by atoms with Crippen molar-refractivity contribution in [2.24, 2.45) is 0 Å². The third-order valence-corrected chi connectivity index (χ3v) is 3.11. The zero-order valence-corrected chi connectivity index (χ0v) is 10.4. The summed E-state index contributed by atoms with van der Waals surface area (Å²) in [5.74, 6) is -1.97. The first-order valence-electron chi connectivity index (χ1n) is 5.33. The van der Waals surface area contributed by atoms with Gasteiger partial charge in [0.15, 0.2) is 0 Å². The van der Waals surface area contributed by atoms with Gasteiger partial charge in [-0.25, -0.2) is 9.59 Å². The quantitative estimate of drug-likeness (QED) is 0.754. The molecular formula is C14H9ClO4. The minimum Gasteiger partial charge on any atom is -0.478 e. The molecule has 1 aliphatic rings. The van der Waals surface area contributed by atoms with E-state index in [0.29, 0.717) is 0 Å². The first kappa shape index (κ1) is 13.1. The van der Waals surface area contributed by atoms with Gasteiger partial charge in [-0.15, -0.1) is 12.4 Å². The minimum atomic E-state index is -0.986. The van der Waals surface area contributed by atoms with Crippen molar-refractivity contribution in [1.82, 2.24) is 0 Å². The molecule has 0 spiro atoms. The van der Waals surface area contributed by atoms with Gasteiger partial charge in [0.05, 0.1) is 11.1 Å². The first-order valence-corrected chi connectivity index (χ1v) is 5.33. The van der Waals surface area contributed by atoms with E-state index in [-0.39, 0.29) is 23.5 Å². The third-order valence-electron chi connectivity index (χ3n) is 3.11. The molecule has 0 amide bonds. The van der Waals surface area contributed by atoms with Crippen molar-refractivity contribution >= 4 is 24.3 Å². The van der Waals surface area contributed by atoms with Crippen LogP contribution in [-0.2, 0) is 0 Å². The molecule has 0 radical (unpaired) electrons. The number of fused-ring (bicyclic) bond motifs is 4. The summed E-state index contributed by atoms with van der Waals surface area (Å²) < 4.78 is 0. The molecule has 5 heteroatoms. The van der Waals surface area contributed by atoms with E-state index in [4.69, 9.17) is 10.2 Å². The topological polar surface area (TPSA) is 74.6 Å². The molecule has 2 N–H and O–H groups in total. The summed E-state index contributed by atoms with van der Waals surface area (Å²) in [6.07, 6.45) is 0. The van der Waals surface area contributed by atoms with Gasteiger partial charge in [0.2, 0.25) is 0 Å². The summed E-state index contributed by atoms with van der Waals surface area (Å²) in [7, 11) is 0. The van der Waals surface area contributed by atoms with Gasteiger partial charge in [-0.05, 0) is 46.5 Å². The standard InChI is InChI=1S/C14H8O4.ClH/c15-13(16)7-1-3-9-10-4-2-8(14(17)18)6-12(10)11(9)5-7;/h1-6H,(H,15,16)(H,17,18);1H. The molecule has 96 valence electrons. The number of carboxylic acids is 2. The highest BCUT2D eigenvalue weighted by atomic mass is 35.5. The zero-order valence-electron chi connectivity index (χ0n) is 9.58. The summed E-state index contributed by atoms with van der Waals surface area (Å²) in [5.41, 5.74) is 3.94. The van der Waals surface area contributed by atoms with Crippen LogP contribution in [0, 0.1) is 0 Å². The fourth-order valence-electron chi connectivity index (χ4n) is 2.21. The molecule has 0 saturated heterocycles. The molecule has 4 nitrogen and oxygen atoms in total. The van der Waals surface area contributed by atoms with Gasteiger partial charge in [-0.3, -0.25) is 0 Å². The van der Waals surface area contributed by atoms with Crippen molar-refractivity contribution in [2.45, 2.75) is 0 Å². The van der Waals surface area contributed by atoms with Crippen molar-refractivity contribution in [3.63, 3.8) is 0 Å². The van der Waals surface area contributed by atoms with Crippen LogP contribution in [0.2, 0.25) is 0 Å². The normalized spacial score (nSPS) is 10.5.